The molecular formula is C29H37NO4S. The Morgan fingerprint density at radius 2 is 2.00 bits per heavy atom. The van der Waals surface area contributed by atoms with Crippen LogP contribution in [0.15, 0.2) is 60.7 Å². The van der Waals surface area contributed by atoms with Crippen molar-refractivity contribution in [1.82, 2.24) is 4.90 Å². The van der Waals surface area contributed by atoms with Crippen molar-refractivity contribution in [1.29, 1.82) is 0 Å². The number of hydrogen-bond acceptors (Lipinski definition) is 5. The number of ether oxygens (including phenoxy) is 1. The smallest absolute Gasteiger partial charge is 0.348 e. The maximum atomic E-state index is 12.4. The molecular weight excluding hydrogens is 458 g/mol. The van der Waals surface area contributed by atoms with Gasteiger partial charge in [-0.05, 0) is 55.4 Å². The second-order valence-corrected chi connectivity index (χ2v) is 10.3. The van der Waals surface area contributed by atoms with E-state index in [-0.39, 0.29) is 23.8 Å². The van der Waals surface area contributed by atoms with Crippen molar-refractivity contribution >= 4 is 29.3 Å². The fraction of sp³-hybridized carbons (Fsp3) is 0.448. The Morgan fingerprint density at radius 1 is 1.20 bits per heavy atom. The largest absolute Gasteiger partial charge is 0.465 e. The van der Waals surface area contributed by atoms with Crippen molar-refractivity contribution in [2.75, 3.05) is 13.7 Å². The minimum Gasteiger partial charge on any atom is -0.465 e. The first-order valence-corrected chi connectivity index (χ1v) is 13.3. The molecule has 2 aromatic rings. The molecule has 1 amide bonds. The zero-order valence-corrected chi connectivity index (χ0v) is 21.6. The number of carbonyl (C=O) groups excluding carboxylic acids is 2. The molecule has 2 heterocycles. The monoisotopic (exact) mass is 495 g/mol. The summed E-state index contributed by atoms with van der Waals surface area (Å²) in [5.41, 5.74) is 1.38. The molecule has 0 aliphatic carbocycles. The first-order chi connectivity index (χ1) is 17.0. The highest BCUT2D eigenvalue weighted by molar-refractivity contribution is 7.14. The first kappa shape index (κ1) is 26.9. The SMILES string of the molecule is COC(=O)c1ccc(C=CCN2C(=O)CCC2C=C[C@@H](O)[C@@H](C)CCCCCc2ccccc2)s1. The van der Waals surface area contributed by atoms with E-state index < -0.39 is 6.10 Å². The van der Waals surface area contributed by atoms with E-state index in [0.717, 1.165) is 37.0 Å². The maximum absolute atomic E-state index is 12.4. The third-order valence-electron chi connectivity index (χ3n) is 6.55. The van der Waals surface area contributed by atoms with Gasteiger partial charge in [-0.3, -0.25) is 4.79 Å². The average molecular weight is 496 g/mol. The summed E-state index contributed by atoms with van der Waals surface area (Å²) in [5, 5.41) is 10.6. The lowest BCUT2D eigenvalue weighted by atomic mass is 9.95. The number of amides is 1. The van der Waals surface area contributed by atoms with Gasteiger partial charge in [-0.2, -0.15) is 0 Å². The van der Waals surface area contributed by atoms with Crippen LogP contribution in [0.1, 0.15) is 65.6 Å². The zero-order valence-electron chi connectivity index (χ0n) is 20.8. The number of likely N-dealkylation sites (tertiary alicyclic amines) is 1. The molecule has 1 saturated heterocycles. The Labute approximate surface area is 213 Å². The van der Waals surface area contributed by atoms with Crippen molar-refractivity contribution in [3.63, 3.8) is 0 Å². The Bertz CT molecular complexity index is 997. The predicted octanol–water partition coefficient (Wildman–Crippen LogP) is 5.90. The molecule has 5 nitrogen and oxygen atoms in total. The molecule has 1 fully saturated rings. The minimum absolute atomic E-state index is 0.00818. The van der Waals surface area contributed by atoms with Gasteiger partial charge in [0, 0.05) is 17.8 Å². The average Bonchev–Trinajstić information content (AvgIpc) is 3.49. The molecule has 188 valence electrons. The van der Waals surface area contributed by atoms with Gasteiger partial charge >= 0.3 is 5.97 Å². The summed E-state index contributed by atoms with van der Waals surface area (Å²) in [5.74, 6) is -0.0162. The number of aliphatic hydroxyl groups is 1. The van der Waals surface area contributed by atoms with Crippen LogP contribution in [0.4, 0.5) is 0 Å². The number of aliphatic hydroxyl groups excluding tert-OH is 1. The first-order valence-electron chi connectivity index (χ1n) is 12.5. The van der Waals surface area contributed by atoms with Gasteiger partial charge in [-0.25, -0.2) is 4.79 Å². The lowest BCUT2D eigenvalue weighted by Gasteiger charge is -2.22. The summed E-state index contributed by atoms with van der Waals surface area (Å²) in [4.78, 5) is 27.3. The van der Waals surface area contributed by atoms with Gasteiger partial charge in [0.05, 0.1) is 19.3 Å². The van der Waals surface area contributed by atoms with Crippen LogP contribution in [0.3, 0.4) is 0 Å². The molecule has 6 heteroatoms. The summed E-state index contributed by atoms with van der Waals surface area (Å²) in [6.07, 6.45) is 14.1. The van der Waals surface area contributed by atoms with Crippen LogP contribution in [-0.2, 0) is 16.0 Å². The number of methoxy groups -OCH3 is 1. The topological polar surface area (TPSA) is 66.8 Å². The number of esters is 1. The van der Waals surface area contributed by atoms with E-state index in [1.807, 2.05) is 41.3 Å². The molecule has 1 N–H and O–H groups in total. The van der Waals surface area contributed by atoms with Crippen LogP contribution in [0.25, 0.3) is 6.08 Å². The van der Waals surface area contributed by atoms with Crippen molar-refractivity contribution in [3.8, 4) is 0 Å². The molecule has 0 bridgehead atoms. The number of carbonyl (C=O) groups is 2. The van der Waals surface area contributed by atoms with E-state index >= 15 is 0 Å². The van der Waals surface area contributed by atoms with E-state index in [4.69, 9.17) is 4.74 Å². The molecule has 1 aliphatic heterocycles. The highest BCUT2D eigenvalue weighted by atomic mass is 32.1. The Hall–Kier alpha value is -2.70. The summed E-state index contributed by atoms with van der Waals surface area (Å²) in [7, 11) is 1.37. The van der Waals surface area contributed by atoms with Gasteiger partial charge in [0.15, 0.2) is 0 Å². The number of nitrogens with zero attached hydrogens (tertiary/aromatic N) is 1. The molecule has 0 spiro atoms. The van der Waals surface area contributed by atoms with Crippen LogP contribution >= 0.6 is 11.3 Å². The Balaban J connectivity index is 1.41. The number of benzene rings is 1. The second-order valence-electron chi connectivity index (χ2n) is 9.19. The molecule has 1 aliphatic rings. The van der Waals surface area contributed by atoms with Crippen LogP contribution < -0.4 is 0 Å². The van der Waals surface area contributed by atoms with Gasteiger partial charge in [-0.1, -0.05) is 68.3 Å². The summed E-state index contributed by atoms with van der Waals surface area (Å²) >= 11 is 1.36. The molecule has 3 atom stereocenters. The highest BCUT2D eigenvalue weighted by Crippen LogP contribution is 2.23. The third kappa shape index (κ3) is 8.48. The van der Waals surface area contributed by atoms with Crippen LogP contribution in [0.5, 0.6) is 0 Å². The molecule has 0 saturated carbocycles. The molecule has 1 unspecified atom stereocenters. The number of rotatable bonds is 13. The second kappa shape index (κ2) is 14.0. The minimum atomic E-state index is -0.500. The molecule has 35 heavy (non-hydrogen) atoms. The van der Waals surface area contributed by atoms with Crippen LogP contribution in [0, 0.1) is 5.92 Å². The number of thiophene rings is 1. The maximum Gasteiger partial charge on any atom is 0.348 e. The number of aryl methyl sites for hydroxylation is 1. The van der Waals surface area contributed by atoms with E-state index in [1.54, 1.807) is 6.07 Å². The quantitative estimate of drug-likeness (QED) is 0.214. The van der Waals surface area contributed by atoms with Gasteiger partial charge in [0.1, 0.15) is 4.88 Å². The normalized spacial score (nSPS) is 18.0. The van der Waals surface area contributed by atoms with Crippen LogP contribution in [-0.4, -0.2) is 47.7 Å². The summed E-state index contributed by atoms with van der Waals surface area (Å²) in [6, 6.07) is 14.2. The molecule has 1 aromatic heterocycles. The number of unbranched alkanes of at least 4 members (excludes halogenated alkanes) is 2. The van der Waals surface area contributed by atoms with E-state index in [9.17, 15) is 14.7 Å². The predicted molar refractivity (Wildman–Crippen MR) is 142 cm³/mol. The van der Waals surface area contributed by atoms with Gasteiger partial charge in [0.2, 0.25) is 5.91 Å². The lowest BCUT2D eigenvalue weighted by molar-refractivity contribution is -0.127. The van der Waals surface area contributed by atoms with Crippen molar-refractivity contribution in [3.05, 3.63) is 76.0 Å². The fourth-order valence-electron chi connectivity index (χ4n) is 4.35. The van der Waals surface area contributed by atoms with Gasteiger partial charge in [-0.15, -0.1) is 11.3 Å². The molecule has 3 rings (SSSR count). The third-order valence-corrected chi connectivity index (χ3v) is 7.58. The Morgan fingerprint density at radius 3 is 2.77 bits per heavy atom. The fourth-order valence-corrected chi connectivity index (χ4v) is 5.20. The van der Waals surface area contributed by atoms with E-state index in [1.165, 1.54) is 30.4 Å². The van der Waals surface area contributed by atoms with Gasteiger partial charge in [0.25, 0.3) is 0 Å². The van der Waals surface area contributed by atoms with E-state index in [2.05, 4.69) is 31.2 Å². The summed E-state index contributed by atoms with van der Waals surface area (Å²) in [6.45, 7) is 2.60. The van der Waals surface area contributed by atoms with Crippen LogP contribution in [0.2, 0.25) is 0 Å². The van der Waals surface area contributed by atoms with Crippen molar-refractivity contribution in [2.45, 2.75) is 64.0 Å². The number of hydrogen-bond donors (Lipinski definition) is 1. The summed E-state index contributed by atoms with van der Waals surface area (Å²) < 4.78 is 4.74. The van der Waals surface area contributed by atoms with E-state index in [0.29, 0.717) is 17.8 Å². The lowest BCUT2D eigenvalue weighted by Crippen LogP contribution is -2.32. The Kier molecular flexibility index (Phi) is 10.8. The molecule has 0 radical (unpaired) electrons. The zero-order chi connectivity index (χ0) is 25.0. The van der Waals surface area contributed by atoms with Crippen molar-refractivity contribution < 1.29 is 19.4 Å². The van der Waals surface area contributed by atoms with Crippen molar-refractivity contribution in [2.24, 2.45) is 5.92 Å². The highest BCUT2D eigenvalue weighted by Gasteiger charge is 2.28. The van der Waals surface area contributed by atoms with Gasteiger partial charge < -0.3 is 14.7 Å². The molecule has 1 aromatic carbocycles. The standard InChI is InChI=1S/C29H37NO4S/c1-22(10-5-3-6-11-23-12-7-4-8-13-23)26(31)18-15-24-16-20-28(32)30(24)21-9-14-25-17-19-27(35-25)29(33)34-2/h4,7-9,12-15,17-19,22,24,26,31H,3,5-6,10-11,16,20-21H2,1-2H3/t22-,24?,26+/m0/s1.